The fourth-order valence-corrected chi connectivity index (χ4v) is 3.78. The summed E-state index contributed by atoms with van der Waals surface area (Å²) < 4.78 is 28.9. The van der Waals surface area contributed by atoms with Crippen LogP contribution in [-0.4, -0.2) is 42.3 Å². The van der Waals surface area contributed by atoms with Gasteiger partial charge >= 0.3 is 5.97 Å². The summed E-state index contributed by atoms with van der Waals surface area (Å²) in [5.74, 6) is -1.56. The molecule has 9 nitrogen and oxygen atoms in total. The van der Waals surface area contributed by atoms with Crippen LogP contribution in [0, 0.1) is 0 Å². The number of amides is 1. The number of Topliss-reactive ketones (excluding diaryl/α,β-unsaturated/α-hetero) is 1. The average molecular weight is 421 g/mol. The minimum absolute atomic E-state index is 0.0722. The highest BCUT2D eigenvalue weighted by Gasteiger charge is 2.16. The number of sulfonamides is 1. The van der Waals surface area contributed by atoms with Crippen molar-refractivity contribution in [1.29, 1.82) is 0 Å². The number of aliphatic carboxylic acids is 1. The first-order valence-electron chi connectivity index (χ1n) is 8.87. The number of carboxylic acid groups (broad SMARTS) is 1. The monoisotopic (exact) mass is 421 g/mol. The fraction of sp³-hybridized carbons (Fsp3) is 0.316. The van der Waals surface area contributed by atoms with Crippen molar-refractivity contribution >= 4 is 33.4 Å². The van der Waals surface area contributed by atoms with Gasteiger partial charge in [0.05, 0.1) is 17.0 Å². The van der Waals surface area contributed by atoms with Crippen LogP contribution in [-0.2, 0) is 33.1 Å². The molecular weight excluding hydrogens is 398 g/mol. The minimum Gasteiger partial charge on any atom is -0.481 e. The first kappa shape index (κ1) is 22.3. The van der Waals surface area contributed by atoms with E-state index < -0.39 is 16.0 Å². The molecule has 2 aromatic rings. The van der Waals surface area contributed by atoms with Gasteiger partial charge in [0.25, 0.3) is 0 Å². The molecule has 0 saturated carbocycles. The van der Waals surface area contributed by atoms with Gasteiger partial charge in [-0.3, -0.25) is 14.4 Å². The van der Waals surface area contributed by atoms with Crippen molar-refractivity contribution in [1.82, 2.24) is 9.29 Å². The maximum atomic E-state index is 12.4. The maximum absolute atomic E-state index is 12.4. The van der Waals surface area contributed by atoms with E-state index in [9.17, 15) is 22.8 Å². The SMILES string of the molecule is CC(=O)Nc1ccc(S(=O)(=O)NCCc2ccc(C(=O)CCC(=O)O)n2C)cc1. The molecule has 0 saturated heterocycles. The van der Waals surface area contributed by atoms with E-state index in [0.29, 0.717) is 17.8 Å². The van der Waals surface area contributed by atoms with Gasteiger partial charge in [0.15, 0.2) is 5.78 Å². The topological polar surface area (TPSA) is 135 Å². The third kappa shape index (κ3) is 6.26. The molecule has 156 valence electrons. The Morgan fingerprint density at radius 2 is 1.69 bits per heavy atom. The molecule has 0 atom stereocenters. The lowest BCUT2D eigenvalue weighted by atomic mass is 10.2. The molecule has 0 unspecified atom stereocenters. The number of hydrogen-bond donors (Lipinski definition) is 3. The molecule has 0 fully saturated rings. The molecular formula is C19H23N3O6S. The molecule has 0 aliphatic rings. The smallest absolute Gasteiger partial charge is 0.303 e. The van der Waals surface area contributed by atoms with Gasteiger partial charge < -0.3 is 15.0 Å². The summed E-state index contributed by atoms with van der Waals surface area (Å²) in [7, 11) is -2.04. The number of nitrogens with one attached hydrogen (secondary N) is 2. The summed E-state index contributed by atoms with van der Waals surface area (Å²) in [6, 6.07) is 9.12. The zero-order chi connectivity index (χ0) is 21.6. The van der Waals surface area contributed by atoms with E-state index in [1.807, 2.05) is 0 Å². The molecule has 29 heavy (non-hydrogen) atoms. The summed E-state index contributed by atoms with van der Waals surface area (Å²) in [6.45, 7) is 1.48. The number of carbonyl (C=O) groups excluding carboxylic acids is 2. The molecule has 10 heteroatoms. The summed E-state index contributed by atoms with van der Waals surface area (Å²) >= 11 is 0. The molecule has 0 aliphatic heterocycles. The van der Waals surface area contributed by atoms with Crippen molar-refractivity contribution in [3.63, 3.8) is 0 Å². The second-order valence-corrected chi connectivity index (χ2v) is 8.21. The number of rotatable bonds is 10. The van der Waals surface area contributed by atoms with Crippen molar-refractivity contribution < 1.29 is 27.9 Å². The van der Waals surface area contributed by atoms with E-state index in [0.717, 1.165) is 5.69 Å². The summed E-state index contributed by atoms with van der Waals surface area (Å²) in [4.78, 5) is 33.8. The van der Waals surface area contributed by atoms with Gasteiger partial charge in [0.1, 0.15) is 0 Å². The summed E-state index contributed by atoms with van der Waals surface area (Å²) in [5.41, 5.74) is 1.63. The Kier molecular flexibility index (Phi) is 7.29. The van der Waals surface area contributed by atoms with Gasteiger partial charge in [-0.05, 0) is 36.4 Å². The number of benzene rings is 1. The average Bonchev–Trinajstić information content (AvgIpc) is 3.00. The molecule has 1 aromatic carbocycles. The van der Waals surface area contributed by atoms with E-state index in [1.165, 1.54) is 31.2 Å². The predicted molar refractivity (Wildman–Crippen MR) is 106 cm³/mol. The molecule has 0 bridgehead atoms. The molecule has 0 radical (unpaired) electrons. The van der Waals surface area contributed by atoms with Gasteiger partial charge in [0.2, 0.25) is 15.9 Å². The molecule has 1 amide bonds. The Morgan fingerprint density at radius 3 is 2.28 bits per heavy atom. The van der Waals surface area contributed by atoms with Crippen LogP contribution in [0.25, 0.3) is 0 Å². The highest BCUT2D eigenvalue weighted by Crippen LogP contribution is 2.15. The minimum atomic E-state index is -3.72. The van der Waals surface area contributed by atoms with Crippen LogP contribution >= 0.6 is 0 Å². The normalized spacial score (nSPS) is 11.2. The van der Waals surface area contributed by atoms with E-state index >= 15 is 0 Å². The van der Waals surface area contributed by atoms with Crippen LogP contribution < -0.4 is 10.0 Å². The third-order valence-electron chi connectivity index (χ3n) is 4.24. The van der Waals surface area contributed by atoms with E-state index in [-0.39, 0.29) is 36.0 Å². The molecule has 1 aromatic heterocycles. The number of ketones is 1. The van der Waals surface area contributed by atoms with E-state index in [4.69, 9.17) is 5.11 Å². The van der Waals surface area contributed by atoms with Crippen LogP contribution in [0.5, 0.6) is 0 Å². The Labute approximate surface area is 168 Å². The molecule has 2 rings (SSSR count). The van der Waals surface area contributed by atoms with E-state index in [2.05, 4.69) is 10.0 Å². The second-order valence-electron chi connectivity index (χ2n) is 6.44. The lowest BCUT2D eigenvalue weighted by Crippen LogP contribution is -2.26. The third-order valence-corrected chi connectivity index (χ3v) is 5.71. The van der Waals surface area contributed by atoms with Gasteiger partial charge in [-0.15, -0.1) is 0 Å². The maximum Gasteiger partial charge on any atom is 0.303 e. The summed E-state index contributed by atoms with van der Waals surface area (Å²) in [5, 5.41) is 11.2. The van der Waals surface area contributed by atoms with Gasteiger partial charge in [-0.25, -0.2) is 13.1 Å². The number of carboxylic acids is 1. The first-order valence-corrected chi connectivity index (χ1v) is 10.4. The Bertz CT molecular complexity index is 1010. The quantitative estimate of drug-likeness (QED) is 0.498. The number of carbonyl (C=O) groups is 3. The van der Waals surface area contributed by atoms with Crippen LogP contribution in [0.4, 0.5) is 5.69 Å². The number of aromatic nitrogens is 1. The van der Waals surface area contributed by atoms with Crippen LogP contribution in [0.2, 0.25) is 0 Å². The Hall–Kier alpha value is -2.98. The van der Waals surface area contributed by atoms with Crippen LogP contribution in [0.15, 0.2) is 41.3 Å². The number of nitrogens with zero attached hydrogens (tertiary/aromatic N) is 1. The molecule has 0 aliphatic carbocycles. The zero-order valence-corrected chi connectivity index (χ0v) is 17.0. The molecule has 1 heterocycles. The highest BCUT2D eigenvalue weighted by molar-refractivity contribution is 7.89. The largest absolute Gasteiger partial charge is 0.481 e. The second kappa shape index (κ2) is 9.48. The fourth-order valence-electron chi connectivity index (χ4n) is 2.75. The van der Waals surface area contributed by atoms with Crippen molar-refractivity contribution in [2.75, 3.05) is 11.9 Å². The van der Waals surface area contributed by atoms with Crippen molar-refractivity contribution in [2.45, 2.75) is 31.1 Å². The van der Waals surface area contributed by atoms with E-state index in [1.54, 1.807) is 23.7 Å². The summed E-state index contributed by atoms with van der Waals surface area (Å²) in [6.07, 6.45) is 0.0273. The number of hydrogen-bond acceptors (Lipinski definition) is 5. The van der Waals surface area contributed by atoms with Gasteiger partial charge in [0, 0.05) is 44.7 Å². The van der Waals surface area contributed by atoms with Gasteiger partial charge in [-0.1, -0.05) is 0 Å². The van der Waals surface area contributed by atoms with Crippen molar-refractivity contribution in [3.8, 4) is 0 Å². The van der Waals surface area contributed by atoms with Crippen molar-refractivity contribution in [3.05, 3.63) is 47.8 Å². The molecule has 0 spiro atoms. The standard InChI is InChI=1S/C19H23N3O6S/c1-13(23)21-14-3-6-16(7-4-14)29(27,28)20-12-11-15-5-8-17(22(15)2)18(24)9-10-19(25)26/h3-8,20H,9-12H2,1-2H3,(H,21,23)(H,25,26). The Balaban J connectivity index is 1.96. The van der Waals surface area contributed by atoms with Crippen LogP contribution in [0.3, 0.4) is 0 Å². The lowest BCUT2D eigenvalue weighted by molar-refractivity contribution is -0.137. The highest BCUT2D eigenvalue weighted by atomic mass is 32.2. The first-order chi connectivity index (χ1) is 13.6. The predicted octanol–water partition coefficient (Wildman–Crippen LogP) is 1.55. The van der Waals surface area contributed by atoms with Gasteiger partial charge in [-0.2, -0.15) is 0 Å². The number of anilines is 1. The lowest BCUT2D eigenvalue weighted by Gasteiger charge is -2.10. The Morgan fingerprint density at radius 1 is 1.03 bits per heavy atom. The van der Waals surface area contributed by atoms with Crippen molar-refractivity contribution in [2.24, 2.45) is 7.05 Å². The molecule has 3 N–H and O–H groups in total. The zero-order valence-electron chi connectivity index (χ0n) is 16.1. The van der Waals surface area contributed by atoms with Crippen LogP contribution in [0.1, 0.15) is 35.9 Å².